The van der Waals surface area contributed by atoms with Crippen LogP contribution in [0.25, 0.3) is 0 Å². The van der Waals surface area contributed by atoms with Crippen molar-refractivity contribution in [2.75, 3.05) is 26.2 Å². The largest absolute Gasteiger partial charge is 0.508 e. The van der Waals surface area contributed by atoms with Crippen LogP contribution < -0.4 is 76.1 Å². The summed E-state index contributed by atoms with van der Waals surface area (Å²) in [6.07, 6.45) is 13.8. The minimum atomic E-state index is -1.50. The first-order valence-electron chi connectivity index (χ1n) is 28.6. The number of primary amides is 2. The Balaban J connectivity index is 2.78. The number of phenols is 1. The molecule has 0 aliphatic carbocycles. The maximum atomic E-state index is 13.8. The van der Waals surface area contributed by atoms with Gasteiger partial charge < -0.3 is 81.2 Å². The van der Waals surface area contributed by atoms with Crippen LogP contribution in [0, 0.1) is 0 Å². The van der Waals surface area contributed by atoms with Gasteiger partial charge in [-0.05, 0) is 103 Å². The van der Waals surface area contributed by atoms with Gasteiger partial charge in [-0.2, -0.15) is 0 Å². The number of hydrogen-bond acceptors (Lipinski definition) is 15. The number of unbranched alkanes of at least 4 members (excludes halogenated alkanes) is 12. The molecule has 8 atom stereocenters. The molecule has 0 aliphatic rings. The second-order valence-electron chi connectivity index (χ2n) is 20.6. The SMILES string of the molecule is CCCCCCCCCCCCCC(=O)NCC(=O)NC(CC(N)=O)C(=O)NC(C)C(=O)NC(C)C(=O)NC(C)C(=O)NC(C)C(=O)NC(CCCCN)C(=O)NC(CCCCN)C(=O)NCC(=O)NC(Cc1ccc(O)cc1)C(N)=O. The van der Waals surface area contributed by atoms with Crippen LogP contribution in [0.5, 0.6) is 5.75 Å². The maximum Gasteiger partial charge on any atom is 0.243 e. The molecule has 1 rings (SSSR count). The number of nitrogens with one attached hydrogen (secondary N) is 10. The first kappa shape index (κ1) is 72.6. The van der Waals surface area contributed by atoms with Crippen molar-refractivity contribution in [3.8, 4) is 5.75 Å². The zero-order chi connectivity index (χ0) is 61.6. The summed E-state index contributed by atoms with van der Waals surface area (Å²) in [7, 11) is 0. The molecule has 12 amide bonds. The van der Waals surface area contributed by atoms with Gasteiger partial charge in [0.05, 0.1) is 19.5 Å². The van der Waals surface area contributed by atoms with Crippen LogP contribution in [0.4, 0.5) is 0 Å². The number of carbonyl (C=O) groups is 12. The third kappa shape index (κ3) is 32.1. The fourth-order valence-corrected chi connectivity index (χ4v) is 8.18. The average Bonchev–Trinajstić information content (AvgIpc) is 3.46. The van der Waals surface area contributed by atoms with Gasteiger partial charge in [-0.3, -0.25) is 57.5 Å². The number of nitrogens with two attached hydrogens (primary N) is 4. The Labute approximate surface area is 481 Å². The summed E-state index contributed by atoms with van der Waals surface area (Å²) in [5, 5.41) is 34.2. The van der Waals surface area contributed by atoms with E-state index in [9.17, 15) is 62.6 Å². The molecule has 1 aromatic carbocycles. The van der Waals surface area contributed by atoms with Crippen LogP contribution in [0.15, 0.2) is 24.3 Å². The number of phenolic OH excluding ortho intramolecular Hbond substituents is 1. The van der Waals surface area contributed by atoms with Crippen molar-refractivity contribution in [2.24, 2.45) is 22.9 Å². The summed E-state index contributed by atoms with van der Waals surface area (Å²) >= 11 is 0. The van der Waals surface area contributed by atoms with E-state index in [2.05, 4.69) is 60.1 Å². The topological polar surface area (TPSA) is 449 Å². The standard InChI is InChI=1S/C55H94N14O13/c1-6-7-8-9-10-11-12-13-14-15-16-23-45(72)60-32-46(73)67-43(31-44(58)71)55(82)65-36(4)51(78)63-34(2)49(76)62-35(3)50(77)64-37(5)52(79)68-41(22-18-20-29-57)54(81)69-40(21-17-19-28-56)53(80)61-33-47(74)66-42(48(59)75)30-38-24-26-39(70)27-25-38/h24-27,34-37,40-43,70H,6-23,28-33,56-57H2,1-5H3,(H2,58,71)(H2,59,75)(H,60,72)(H,61,80)(H,62,76)(H,63,78)(H,64,77)(H,65,82)(H,66,74)(H,67,73)(H,68,79)(H,69,81). The van der Waals surface area contributed by atoms with E-state index in [-0.39, 0.29) is 50.4 Å². The molecule has 82 heavy (non-hydrogen) atoms. The van der Waals surface area contributed by atoms with Gasteiger partial charge in [0.25, 0.3) is 0 Å². The molecule has 0 radical (unpaired) electrons. The highest BCUT2D eigenvalue weighted by Gasteiger charge is 2.31. The van der Waals surface area contributed by atoms with Gasteiger partial charge in [0, 0.05) is 12.8 Å². The van der Waals surface area contributed by atoms with Gasteiger partial charge >= 0.3 is 0 Å². The first-order chi connectivity index (χ1) is 38.9. The molecular formula is C55H94N14O13. The van der Waals surface area contributed by atoms with Gasteiger partial charge in [-0.25, -0.2) is 0 Å². The molecule has 19 N–H and O–H groups in total. The molecule has 462 valence electrons. The molecule has 0 heterocycles. The smallest absolute Gasteiger partial charge is 0.243 e. The van der Waals surface area contributed by atoms with E-state index in [1.165, 1.54) is 78.4 Å². The van der Waals surface area contributed by atoms with Gasteiger partial charge in [0.15, 0.2) is 0 Å². The van der Waals surface area contributed by atoms with E-state index in [4.69, 9.17) is 22.9 Å². The number of rotatable bonds is 44. The first-order valence-corrected chi connectivity index (χ1v) is 28.6. The highest BCUT2D eigenvalue weighted by Crippen LogP contribution is 2.14. The van der Waals surface area contributed by atoms with E-state index in [1.54, 1.807) is 12.1 Å². The second kappa shape index (κ2) is 41.6. The van der Waals surface area contributed by atoms with Crippen molar-refractivity contribution in [1.82, 2.24) is 53.2 Å². The minimum Gasteiger partial charge on any atom is -0.508 e. The molecule has 1 aromatic rings. The van der Waals surface area contributed by atoms with E-state index in [1.807, 2.05) is 0 Å². The van der Waals surface area contributed by atoms with Crippen LogP contribution in [0.2, 0.25) is 0 Å². The van der Waals surface area contributed by atoms with Gasteiger partial charge in [0.2, 0.25) is 70.9 Å². The Morgan fingerprint density at radius 2 is 0.817 bits per heavy atom. The summed E-state index contributed by atoms with van der Waals surface area (Å²) in [5.74, 6) is -9.41. The van der Waals surface area contributed by atoms with Crippen LogP contribution in [-0.4, -0.2) is 151 Å². The Morgan fingerprint density at radius 1 is 0.427 bits per heavy atom. The van der Waals surface area contributed by atoms with Crippen LogP contribution in [0.1, 0.15) is 162 Å². The molecule has 8 unspecified atom stereocenters. The summed E-state index contributed by atoms with van der Waals surface area (Å²) in [6.45, 7) is 6.91. The summed E-state index contributed by atoms with van der Waals surface area (Å²) in [6, 6.07) is -4.28. The van der Waals surface area contributed by atoms with Crippen LogP contribution in [-0.2, 0) is 64.0 Å². The maximum absolute atomic E-state index is 13.8. The van der Waals surface area contributed by atoms with Crippen LogP contribution in [0.3, 0.4) is 0 Å². The molecule has 0 saturated heterocycles. The Kier molecular flexibility index (Phi) is 36.8. The molecular weight excluding hydrogens is 1060 g/mol. The molecule has 0 bridgehead atoms. The summed E-state index contributed by atoms with van der Waals surface area (Å²) in [4.78, 5) is 155. The van der Waals surface area contributed by atoms with Crippen molar-refractivity contribution < 1.29 is 62.6 Å². The minimum absolute atomic E-state index is 0.00286. The Bertz CT molecular complexity index is 2220. The monoisotopic (exact) mass is 1160 g/mol. The summed E-state index contributed by atoms with van der Waals surface area (Å²) < 4.78 is 0. The van der Waals surface area contributed by atoms with Crippen molar-refractivity contribution >= 4 is 70.9 Å². The molecule has 0 spiro atoms. The highest BCUT2D eigenvalue weighted by atomic mass is 16.3. The lowest BCUT2D eigenvalue weighted by Gasteiger charge is -2.25. The van der Waals surface area contributed by atoms with Crippen molar-refractivity contribution in [3.63, 3.8) is 0 Å². The molecule has 0 saturated carbocycles. The van der Waals surface area contributed by atoms with Gasteiger partial charge in [0.1, 0.15) is 54.1 Å². The lowest BCUT2D eigenvalue weighted by atomic mass is 10.0. The van der Waals surface area contributed by atoms with Crippen molar-refractivity contribution in [3.05, 3.63) is 29.8 Å². The zero-order valence-electron chi connectivity index (χ0n) is 48.6. The number of hydrogen-bond donors (Lipinski definition) is 15. The quantitative estimate of drug-likeness (QED) is 0.0329. The predicted molar refractivity (Wildman–Crippen MR) is 306 cm³/mol. The predicted octanol–water partition coefficient (Wildman–Crippen LogP) is -1.56. The third-order valence-corrected chi connectivity index (χ3v) is 13.2. The number of carbonyl (C=O) groups excluding carboxylic acids is 12. The number of amides is 12. The highest BCUT2D eigenvalue weighted by molar-refractivity contribution is 5.98. The Hall–Kier alpha value is -7.42. The van der Waals surface area contributed by atoms with Gasteiger partial charge in [-0.1, -0.05) is 83.3 Å². The van der Waals surface area contributed by atoms with Crippen LogP contribution >= 0.6 is 0 Å². The number of aromatic hydroxyl groups is 1. The van der Waals surface area contributed by atoms with E-state index < -0.39 is 133 Å². The fraction of sp³-hybridized carbons (Fsp3) is 0.673. The average molecular weight is 1160 g/mol. The van der Waals surface area contributed by atoms with E-state index in [0.717, 1.165) is 25.7 Å². The molecule has 27 nitrogen and oxygen atoms in total. The summed E-state index contributed by atoms with van der Waals surface area (Å²) in [5.41, 5.74) is 22.8. The van der Waals surface area contributed by atoms with E-state index in [0.29, 0.717) is 37.7 Å². The molecule has 0 aliphatic heterocycles. The van der Waals surface area contributed by atoms with Crippen molar-refractivity contribution in [1.29, 1.82) is 0 Å². The second-order valence-corrected chi connectivity index (χ2v) is 20.6. The van der Waals surface area contributed by atoms with Gasteiger partial charge in [-0.15, -0.1) is 0 Å². The third-order valence-electron chi connectivity index (χ3n) is 13.2. The Morgan fingerprint density at radius 3 is 1.27 bits per heavy atom. The normalized spacial score (nSPS) is 13.8. The molecule has 0 aromatic heterocycles. The fourth-order valence-electron chi connectivity index (χ4n) is 8.18. The molecule has 27 heteroatoms. The lowest BCUT2D eigenvalue weighted by molar-refractivity contribution is -0.135. The molecule has 0 fully saturated rings. The van der Waals surface area contributed by atoms with Crippen molar-refractivity contribution in [2.45, 2.75) is 211 Å². The zero-order valence-corrected chi connectivity index (χ0v) is 48.6. The lowest BCUT2D eigenvalue weighted by Crippen LogP contribution is -2.59. The number of benzene rings is 1. The van der Waals surface area contributed by atoms with E-state index >= 15 is 0 Å².